The van der Waals surface area contributed by atoms with E-state index in [1.807, 2.05) is 63.8 Å². The van der Waals surface area contributed by atoms with Crippen LogP contribution in [0.2, 0.25) is 5.02 Å². The van der Waals surface area contributed by atoms with Crippen LogP contribution in [0.15, 0.2) is 35.4 Å². The number of hydrogen-bond donors (Lipinski definition) is 1. The third kappa shape index (κ3) is 6.90. The van der Waals surface area contributed by atoms with Crippen molar-refractivity contribution in [2.24, 2.45) is 45.8 Å². The molecular formula is C42H64ClNO4. The molecular weight excluding hydrogens is 618 g/mol. The highest BCUT2D eigenvalue weighted by Crippen LogP contribution is 2.71. The van der Waals surface area contributed by atoms with Crippen LogP contribution in [0.5, 0.6) is 0 Å². The molecule has 1 aromatic carbocycles. The van der Waals surface area contributed by atoms with E-state index >= 15 is 0 Å². The Morgan fingerprint density at radius 1 is 1.00 bits per heavy atom. The van der Waals surface area contributed by atoms with Crippen molar-refractivity contribution < 1.29 is 19.4 Å². The molecule has 268 valence electrons. The van der Waals surface area contributed by atoms with Gasteiger partial charge in [-0.2, -0.15) is 0 Å². The van der Waals surface area contributed by atoms with Crippen LogP contribution in [0.1, 0.15) is 139 Å². The Kier molecular flexibility index (Phi) is 10.9. The highest BCUT2D eigenvalue weighted by molar-refractivity contribution is 6.30. The summed E-state index contributed by atoms with van der Waals surface area (Å²) in [6, 6.07) is 7.70. The van der Waals surface area contributed by atoms with Crippen molar-refractivity contribution in [1.82, 2.24) is 4.90 Å². The summed E-state index contributed by atoms with van der Waals surface area (Å²) in [5.41, 5.74) is 3.40. The van der Waals surface area contributed by atoms with E-state index in [9.17, 15) is 14.7 Å². The highest BCUT2D eigenvalue weighted by Gasteiger charge is 2.63. The monoisotopic (exact) mass is 681 g/mol. The van der Waals surface area contributed by atoms with Gasteiger partial charge in [0.15, 0.2) is 5.78 Å². The zero-order chi connectivity index (χ0) is 35.2. The number of rotatable bonds is 6. The second kappa shape index (κ2) is 14.0. The molecule has 5 nitrogen and oxygen atoms in total. The quantitative estimate of drug-likeness (QED) is 0.324. The van der Waals surface area contributed by atoms with Gasteiger partial charge >= 0.3 is 6.09 Å². The number of allylic oxidation sites excluding steroid dienone is 2. The van der Waals surface area contributed by atoms with Gasteiger partial charge in [0.25, 0.3) is 0 Å². The molecule has 4 saturated carbocycles. The predicted molar refractivity (Wildman–Crippen MR) is 196 cm³/mol. The highest BCUT2D eigenvalue weighted by atomic mass is 35.5. The van der Waals surface area contributed by atoms with Gasteiger partial charge < -0.3 is 14.7 Å². The van der Waals surface area contributed by atoms with E-state index < -0.39 is 5.60 Å². The first-order valence-electron chi connectivity index (χ1n) is 19.2. The molecule has 0 spiro atoms. The van der Waals surface area contributed by atoms with Gasteiger partial charge in [0.1, 0.15) is 5.60 Å². The summed E-state index contributed by atoms with van der Waals surface area (Å²) in [5, 5.41) is 11.2. The Balaban J connectivity index is 0.00000221. The second-order valence-electron chi connectivity index (χ2n) is 17.7. The Morgan fingerprint density at radius 3 is 2.31 bits per heavy atom. The largest absolute Gasteiger partial charge is 0.444 e. The Bertz CT molecular complexity index is 1360. The summed E-state index contributed by atoms with van der Waals surface area (Å²) in [6.45, 7) is 20.3. The minimum atomic E-state index is -0.592. The number of halogens is 1. The minimum Gasteiger partial charge on any atom is -0.444 e. The first-order valence-corrected chi connectivity index (χ1v) is 19.6. The maximum absolute atomic E-state index is 14.0. The lowest BCUT2D eigenvalue weighted by Crippen LogP contribution is -2.59. The summed E-state index contributed by atoms with van der Waals surface area (Å²) in [5.74, 6) is 2.90. The molecule has 1 aromatic rings. The summed E-state index contributed by atoms with van der Waals surface area (Å²) in [6.07, 6.45) is 11.0. The van der Waals surface area contributed by atoms with E-state index in [-0.39, 0.29) is 28.9 Å². The van der Waals surface area contributed by atoms with Gasteiger partial charge in [0.05, 0.1) is 6.10 Å². The molecule has 4 fully saturated rings. The fraction of sp³-hybridized carbons (Fsp3) is 0.762. The fourth-order valence-corrected chi connectivity index (χ4v) is 11.7. The Labute approximate surface area is 296 Å². The van der Waals surface area contributed by atoms with Gasteiger partial charge in [-0.1, -0.05) is 70.8 Å². The average molecular weight is 682 g/mol. The number of aliphatic hydroxyl groups excluding tert-OH is 1. The summed E-state index contributed by atoms with van der Waals surface area (Å²) in [7, 11) is 0. The molecule has 5 aliphatic carbocycles. The molecule has 0 aliphatic heterocycles. The zero-order valence-corrected chi connectivity index (χ0v) is 32.2. The lowest BCUT2D eigenvalue weighted by atomic mass is 9.39. The smallest absolute Gasteiger partial charge is 0.410 e. The molecule has 0 heterocycles. The molecule has 5 aliphatic rings. The van der Waals surface area contributed by atoms with Gasteiger partial charge in [0, 0.05) is 29.9 Å². The van der Waals surface area contributed by atoms with Crippen molar-refractivity contribution in [3.63, 3.8) is 0 Å². The second-order valence-corrected chi connectivity index (χ2v) is 18.1. The number of aliphatic hydroxyl groups is 1. The molecule has 6 rings (SSSR count). The normalized spacial score (nSPS) is 35.9. The average Bonchev–Trinajstić information content (AvgIpc) is 3.33. The molecule has 6 heteroatoms. The maximum Gasteiger partial charge on any atom is 0.410 e. The topological polar surface area (TPSA) is 66.8 Å². The number of ketones is 1. The fourth-order valence-electron chi connectivity index (χ4n) is 11.6. The van der Waals surface area contributed by atoms with Crippen molar-refractivity contribution in [3.8, 4) is 0 Å². The first-order chi connectivity index (χ1) is 22.6. The Morgan fingerprint density at radius 2 is 1.67 bits per heavy atom. The third-order valence-electron chi connectivity index (χ3n) is 13.6. The third-order valence-corrected chi connectivity index (χ3v) is 13.8. The number of ether oxygens (including phenoxy) is 1. The van der Waals surface area contributed by atoms with Crippen LogP contribution in [0.3, 0.4) is 0 Å². The van der Waals surface area contributed by atoms with Gasteiger partial charge in [-0.15, -0.1) is 0 Å². The lowest BCUT2D eigenvalue weighted by Gasteiger charge is -2.66. The van der Waals surface area contributed by atoms with Gasteiger partial charge in [0.2, 0.25) is 0 Å². The first kappa shape index (κ1) is 37.4. The molecule has 1 N–H and O–H groups in total. The van der Waals surface area contributed by atoms with Crippen molar-refractivity contribution in [2.75, 3.05) is 6.54 Å². The number of benzene rings is 1. The van der Waals surface area contributed by atoms with E-state index in [4.69, 9.17) is 16.3 Å². The number of carbonyl (C=O) groups excluding carboxylic acids is 2. The summed E-state index contributed by atoms with van der Waals surface area (Å²) < 4.78 is 5.91. The SMILES string of the molecule is CC.CC(C)C1=C2C3CCC4C5(C)CCC(O)CC5CCC4(C)C3CCC2(CCN(Cc2ccc(Cl)cc2)C(=O)OC(C)(C)C)CC1=O. The number of nitrogens with zero attached hydrogens (tertiary/aromatic N) is 1. The molecule has 0 radical (unpaired) electrons. The number of amides is 1. The number of Topliss-reactive ketones (excluding diaryl/α,β-unsaturated/α-hetero) is 1. The van der Waals surface area contributed by atoms with E-state index in [1.165, 1.54) is 24.8 Å². The van der Waals surface area contributed by atoms with Crippen LogP contribution in [0.4, 0.5) is 4.79 Å². The van der Waals surface area contributed by atoms with Crippen molar-refractivity contribution >= 4 is 23.5 Å². The number of hydrogen-bond acceptors (Lipinski definition) is 4. The van der Waals surface area contributed by atoms with Crippen LogP contribution in [0.25, 0.3) is 0 Å². The molecule has 0 aromatic heterocycles. The van der Waals surface area contributed by atoms with E-state index in [0.29, 0.717) is 59.4 Å². The van der Waals surface area contributed by atoms with Gasteiger partial charge in [-0.3, -0.25) is 4.79 Å². The number of fused-ring (bicyclic) bond motifs is 7. The molecule has 8 atom stereocenters. The van der Waals surface area contributed by atoms with Gasteiger partial charge in [-0.25, -0.2) is 4.79 Å². The Hall–Kier alpha value is -1.85. The molecule has 8 unspecified atom stereocenters. The van der Waals surface area contributed by atoms with Crippen LogP contribution in [-0.4, -0.2) is 40.1 Å². The standard InChI is InChI=1S/C40H58ClNO4.C2H6/c1-25(2)34-32(44)23-40(20-21-42(36(45)46-37(3,4)5)24-26-8-10-28(41)11-9-26)19-16-31-30(35(34)40)12-13-33-38(6)18-15-29(43)22-27(38)14-17-39(31,33)7;1-2/h8-11,25,27,29-31,33,43H,12-24H2,1-7H3;1-2H3. The van der Waals surface area contributed by atoms with Gasteiger partial charge in [-0.05, 0) is 149 Å². The van der Waals surface area contributed by atoms with Crippen molar-refractivity contribution in [2.45, 2.75) is 151 Å². The molecule has 0 bridgehead atoms. The molecule has 1 amide bonds. The van der Waals surface area contributed by atoms with Crippen LogP contribution in [-0.2, 0) is 16.1 Å². The predicted octanol–water partition coefficient (Wildman–Crippen LogP) is 10.8. The van der Waals surface area contributed by atoms with Crippen molar-refractivity contribution in [3.05, 3.63) is 46.0 Å². The molecule has 0 saturated heterocycles. The van der Waals surface area contributed by atoms with Crippen LogP contribution in [0, 0.1) is 45.8 Å². The van der Waals surface area contributed by atoms with E-state index in [1.54, 1.807) is 0 Å². The molecule has 48 heavy (non-hydrogen) atoms. The summed E-state index contributed by atoms with van der Waals surface area (Å²) in [4.78, 5) is 29.4. The van der Waals surface area contributed by atoms with Crippen molar-refractivity contribution in [1.29, 1.82) is 0 Å². The van der Waals surface area contributed by atoms with Crippen LogP contribution < -0.4 is 0 Å². The number of carbonyl (C=O) groups is 2. The van der Waals surface area contributed by atoms with E-state index in [2.05, 4.69) is 27.7 Å². The zero-order valence-electron chi connectivity index (χ0n) is 31.5. The maximum atomic E-state index is 14.0. The van der Waals surface area contributed by atoms with E-state index in [0.717, 1.165) is 56.1 Å². The lowest BCUT2D eigenvalue weighted by molar-refractivity contribution is -0.162. The summed E-state index contributed by atoms with van der Waals surface area (Å²) >= 11 is 6.18. The minimum absolute atomic E-state index is 0.128. The van der Waals surface area contributed by atoms with Crippen LogP contribution >= 0.6 is 11.6 Å².